The Balaban J connectivity index is 1.84. The lowest BCUT2D eigenvalue weighted by Crippen LogP contribution is -1.91. The second-order valence-electron chi connectivity index (χ2n) is 4.87. The summed E-state index contributed by atoms with van der Waals surface area (Å²) in [6.45, 7) is 0. The van der Waals surface area contributed by atoms with Crippen molar-refractivity contribution in [3.8, 4) is 17.3 Å². The second-order valence-corrected chi connectivity index (χ2v) is 7.56. The van der Waals surface area contributed by atoms with E-state index in [-0.39, 0.29) is 0 Å². The van der Waals surface area contributed by atoms with Crippen LogP contribution in [-0.4, -0.2) is 4.98 Å². The first-order valence-corrected chi connectivity index (χ1v) is 9.46. The zero-order valence-electron chi connectivity index (χ0n) is 12.3. The van der Waals surface area contributed by atoms with Crippen LogP contribution in [0, 0.1) is 11.3 Å². The van der Waals surface area contributed by atoms with Gasteiger partial charge in [-0.25, -0.2) is 4.98 Å². The fourth-order valence-electron chi connectivity index (χ4n) is 2.05. The quantitative estimate of drug-likeness (QED) is 0.464. The second kappa shape index (κ2) is 7.75. The van der Waals surface area contributed by atoms with Crippen molar-refractivity contribution in [3.05, 3.63) is 74.1 Å². The van der Waals surface area contributed by atoms with Gasteiger partial charge in [0.15, 0.2) is 0 Å². The van der Waals surface area contributed by atoms with Gasteiger partial charge in [-0.2, -0.15) is 5.26 Å². The third kappa shape index (κ3) is 4.12. The number of benzene rings is 2. The fourth-order valence-corrected chi connectivity index (χ4v) is 3.65. The molecule has 0 aliphatic carbocycles. The molecule has 118 valence electrons. The number of nitrogens with one attached hydrogen (secondary N) is 1. The minimum absolute atomic E-state index is 0.501. The van der Waals surface area contributed by atoms with E-state index in [0.717, 1.165) is 25.9 Å². The first-order chi connectivity index (χ1) is 11.7. The number of rotatable bonds is 4. The van der Waals surface area contributed by atoms with Gasteiger partial charge >= 0.3 is 0 Å². The van der Waals surface area contributed by atoms with Crippen LogP contribution < -0.4 is 5.32 Å². The normalized spacial score (nSPS) is 11.1. The average molecular weight is 461 g/mol. The van der Waals surface area contributed by atoms with Crippen molar-refractivity contribution in [2.24, 2.45) is 0 Å². The summed E-state index contributed by atoms with van der Waals surface area (Å²) >= 11 is 8.34. The third-order valence-corrected chi connectivity index (χ3v) is 5.05. The number of hydrogen-bond acceptors (Lipinski definition) is 4. The Hall–Kier alpha value is -1.94. The van der Waals surface area contributed by atoms with E-state index in [2.05, 4.69) is 48.2 Å². The van der Waals surface area contributed by atoms with E-state index >= 15 is 0 Å². The first kappa shape index (κ1) is 16.9. The van der Waals surface area contributed by atoms with E-state index in [1.165, 1.54) is 11.3 Å². The molecule has 1 aromatic heterocycles. The standard InChI is InChI=1S/C18H11Br2N3S/c19-14-4-1-3-12(7-14)17-11-24-18(23-17)13(9-21)10-22-16-6-2-5-15(20)8-16/h1-8,10-11,22H/b13-10+. The molecule has 3 aromatic rings. The van der Waals surface area contributed by atoms with Crippen LogP contribution in [0.4, 0.5) is 5.69 Å². The molecule has 1 heterocycles. The molecule has 0 unspecified atom stereocenters. The number of aromatic nitrogens is 1. The maximum atomic E-state index is 9.43. The lowest BCUT2D eigenvalue weighted by molar-refractivity contribution is 1.36. The lowest BCUT2D eigenvalue weighted by atomic mass is 10.2. The van der Waals surface area contributed by atoms with Gasteiger partial charge in [0.05, 0.1) is 5.69 Å². The molecule has 0 fully saturated rings. The number of nitriles is 1. The van der Waals surface area contributed by atoms with Gasteiger partial charge in [-0.05, 0) is 30.3 Å². The van der Waals surface area contributed by atoms with Gasteiger partial charge in [0, 0.05) is 31.8 Å². The predicted molar refractivity (Wildman–Crippen MR) is 107 cm³/mol. The monoisotopic (exact) mass is 459 g/mol. The van der Waals surface area contributed by atoms with E-state index in [4.69, 9.17) is 0 Å². The molecule has 0 aliphatic rings. The molecule has 24 heavy (non-hydrogen) atoms. The highest BCUT2D eigenvalue weighted by atomic mass is 79.9. The molecule has 0 radical (unpaired) electrons. The topological polar surface area (TPSA) is 48.7 Å². The fraction of sp³-hybridized carbons (Fsp3) is 0. The van der Waals surface area contributed by atoms with Crippen molar-refractivity contribution < 1.29 is 0 Å². The smallest absolute Gasteiger partial charge is 0.136 e. The SMILES string of the molecule is N#C/C(=C\Nc1cccc(Br)c1)c1nc(-c2cccc(Br)c2)cs1. The molecule has 1 N–H and O–H groups in total. The van der Waals surface area contributed by atoms with Crippen LogP contribution in [0.15, 0.2) is 69.1 Å². The summed E-state index contributed by atoms with van der Waals surface area (Å²) in [6.07, 6.45) is 1.69. The third-order valence-electron chi connectivity index (χ3n) is 3.18. The van der Waals surface area contributed by atoms with Crippen molar-refractivity contribution >= 4 is 54.5 Å². The zero-order chi connectivity index (χ0) is 16.9. The van der Waals surface area contributed by atoms with Crippen molar-refractivity contribution in [3.63, 3.8) is 0 Å². The highest BCUT2D eigenvalue weighted by Crippen LogP contribution is 2.27. The van der Waals surface area contributed by atoms with E-state index in [0.29, 0.717) is 10.6 Å². The van der Waals surface area contributed by atoms with Gasteiger partial charge in [0.2, 0.25) is 0 Å². The summed E-state index contributed by atoms with van der Waals surface area (Å²) in [5.41, 5.74) is 3.28. The Kier molecular flexibility index (Phi) is 5.46. The first-order valence-electron chi connectivity index (χ1n) is 7.00. The van der Waals surface area contributed by atoms with E-state index in [1.54, 1.807) is 6.20 Å². The van der Waals surface area contributed by atoms with Crippen molar-refractivity contribution in [1.82, 2.24) is 4.98 Å². The summed E-state index contributed by atoms with van der Waals surface area (Å²) < 4.78 is 1.98. The van der Waals surface area contributed by atoms with Gasteiger partial charge in [-0.3, -0.25) is 0 Å². The Morgan fingerprint density at radius 3 is 2.58 bits per heavy atom. The van der Waals surface area contributed by atoms with Crippen LogP contribution in [0.25, 0.3) is 16.8 Å². The highest BCUT2D eigenvalue weighted by molar-refractivity contribution is 9.10. The summed E-state index contributed by atoms with van der Waals surface area (Å²) in [4.78, 5) is 4.58. The molecule has 0 saturated heterocycles. The van der Waals surface area contributed by atoms with Gasteiger partial charge in [-0.1, -0.05) is 50.1 Å². The lowest BCUT2D eigenvalue weighted by Gasteiger charge is -2.01. The van der Waals surface area contributed by atoms with E-state index in [9.17, 15) is 5.26 Å². The number of thiazole rings is 1. The van der Waals surface area contributed by atoms with Gasteiger partial charge in [0.1, 0.15) is 16.6 Å². The summed E-state index contributed by atoms with van der Waals surface area (Å²) in [7, 11) is 0. The van der Waals surface area contributed by atoms with Crippen molar-refractivity contribution in [2.45, 2.75) is 0 Å². The van der Waals surface area contributed by atoms with Crippen LogP contribution in [0.3, 0.4) is 0 Å². The van der Waals surface area contributed by atoms with Gasteiger partial charge in [0.25, 0.3) is 0 Å². The number of anilines is 1. The number of hydrogen-bond donors (Lipinski definition) is 1. The van der Waals surface area contributed by atoms with Crippen LogP contribution in [-0.2, 0) is 0 Å². The van der Waals surface area contributed by atoms with Crippen LogP contribution >= 0.6 is 43.2 Å². The Labute approximate surface area is 160 Å². The Morgan fingerprint density at radius 1 is 1.12 bits per heavy atom. The largest absolute Gasteiger partial charge is 0.360 e. The Morgan fingerprint density at radius 2 is 1.88 bits per heavy atom. The molecule has 0 saturated carbocycles. The maximum absolute atomic E-state index is 9.43. The van der Waals surface area contributed by atoms with Crippen molar-refractivity contribution in [2.75, 3.05) is 5.32 Å². The maximum Gasteiger partial charge on any atom is 0.136 e. The average Bonchev–Trinajstić information content (AvgIpc) is 3.05. The summed E-state index contributed by atoms with van der Waals surface area (Å²) in [5.74, 6) is 0. The predicted octanol–water partition coefficient (Wildman–Crippen LogP) is 6.31. The van der Waals surface area contributed by atoms with E-state index < -0.39 is 0 Å². The van der Waals surface area contributed by atoms with Crippen LogP contribution in [0.2, 0.25) is 0 Å². The molecule has 0 bridgehead atoms. The molecule has 0 atom stereocenters. The molecule has 2 aromatic carbocycles. The minimum Gasteiger partial charge on any atom is -0.360 e. The van der Waals surface area contributed by atoms with E-state index in [1.807, 2.05) is 53.9 Å². The summed E-state index contributed by atoms with van der Waals surface area (Å²) in [6, 6.07) is 17.9. The molecule has 6 heteroatoms. The molecule has 3 nitrogen and oxygen atoms in total. The highest BCUT2D eigenvalue weighted by Gasteiger charge is 2.09. The minimum atomic E-state index is 0.501. The number of halogens is 2. The Bertz CT molecular complexity index is 941. The number of allylic oxidation sites excluding steroid dienone is 1. The van der Waals surface area contributed by atoms with Crippen LogP contribution in [0.5, 0.6) is 0 Å². The molecule has 0 amide bonds. The van der Waals surface area contributed by atoms with Gasteiger partial charge < -0.3 is 5.32 Å². The molecular weight excluding hydrogens is 450 g/mol. The molecular formula is C18H11Br2N3S. The zero-order valence-corrected chi connectivity index (χ0v) is 16.3. The molecule has 0 aliphatic heterocycles. The summed E-state index contributed by atoms with van der Waals surface area (Å²) in [5, 5.41) is 15.2. The molecule has 0 spiro atoms. The molecule has 3 rings (SSSR count). The van der Waals surface area contributed by atoms with Crippen molar-refractivity contribution in [1.29, 1.82) is 5.26 Å². The van der Waals surface area contributed by atoms with Crippen LogP contribution in [0.1, 0.15) is 5.01 Å². The van der Waals surface area contributed by atoms with Gasteiger partial charge in [-0.15, -0.1) is 11.3 Å². The number of nitrogens with zero attached hydrogens (tertiary/aromatic N) is 2.